The van der Waals surface area contributed by atoms with E-state index < -0.39 is 29.4 Å². The van der Waals surface area contributed by atoms with Gasteiger partial charge in [-0.25, -0.2) is 4.79 Å². The molecule has 3 rings (SSSR count). The minimum Gasteiger partial charge on any atom is -0.507 e. The van der Waals surface area contributed by atoms with Crippen molar-refractivity contribution in [2.24, 2.45) is 5.92 Å². The van der Waals surface area contributed by atoms with Crippen LogP contribution in [0.15, 0.2) is 42.5 Å². The van der Waals surface area contributed by atoms with Crippen LogP contribution in [0.4, 0.5) is 5.69 Å². The van der Waals surface area contributed by atoms with Crippen molar-refractivity contribution in [3.63, 3.8) is 0 Å². The van der Waals surface area contributed by atoms with Crippen molar-refractivity contribution < 1.29 is 29.0 Å². The van der Waals surface area contributed by atoms with E-state index >= 15 is 0 Å². The highest BCUT2D eigenvalue weighted by Gasteiger charge is 2.27. The van der Waals surface area contributed by atoms with E-state index in [-0.39, 0.29) is 42.9 Å². The molecule has 0 spiro atoms. The van der Waals surface area contributed by atoms with E-state index in [0.29, 0.717) is 24.2 Å². The second kappa shape index (κ2) is 10.9. The molecule has 174 valence electrons. The molecule has 1 heterocycles. The lowest BCUT2D eigenvalue weighted by Gasteiger charge is -2.22. The molecule has 2 atom stereocenters. The second-order valence-corrected chi connectivity index (χ2v) is 8.52. The number of benzene rings is 2. The maximum absolute atomic E-state index is 12.9. The number of phenolic OH excluding ortho intramolecular Hbond substituents is 1. The molecule has 7 nitrogen and oxygen atoms in total. The largest absolute Gasteiger partial charge is 0.507 e. The number of ketones is 3. The van der Waals surface area contributed by atoms with Crippen LogP contribution in [0.2, 0.25) is 0 Å². The van der Waals surface area contributed by atoms with Gasteiger partial charge in [0.05, 0.1) is 0 Å². The number of cyclic esters (lactones) is 1. The summed E-state index contributed by atoms with van der Waals surface area (Å²) in [4.78, 5) is 49.3. The first kappa shape index (κ1) is 24.2. The zero-order chi connectivity index (χ0) is 24.0. The molecule has 0 amide bonds. The van der Waals surface area contributed by atoms with E-state index in [1.165, 1.54) is 6.07 Å². The summed E-state index contributed by atoms with van der Waals surface area (Å²) < 4.78 is 5.58. The van der Waals surface area contributed by atoms with Crippen LogP contribution in [0.1, 0.15) is 61.0 Å². The Hall–Kier alpha value is -3.48. The molecule has 2 N–H and O–H groups in total. The van der Waals surface area contributed by atoms with Crippen LogP contribution >= 0.6 is 0 Å². The van der Waals surface area contributed by atoms with Crippen LogP contribution in [0.3, 0.4) is 0 Å². The molecule has 33 heavy (non-hydrogen) atoms. The number of anilines is 1. The molecule has 2 aromatic rings. The number of ether oxygens (including phenoxy) is 1. The number of phenols is 1. The normalized spacial score (nSPS) is 20.5. The van der Waals surface area contributed by atoms with Crippen LogP contribution in [0.5, 0.6) is 5.75 Å². The molecule has 0 bridgehead atoms. The molecule has 0 aliphatic carbocycles. The van der Waals surface area contributed by atoms with Crippen molar-refractivity contribution in [1.82, 2.24) is 0 Å². The van der Waals surface area contributed by atoms with Crippen molar-refractivity contribution in [2.45, 2.75) is 58.6 Å². The molecule has 2 aromatic carbocycles. The first-order chi connectivity index (χ1) is 15.8. The highest BCUT2D eigenvalue weighted by molar-refractivity contribution is 6.63. The maximum Gasteiger partial charge on any atom is 0.342 e. The number of esters is 1. The van der Waals surface area contributed by atoms with Gasteiger partial charge in [0.15, 0.2) is 0 Å². The van der Waals surface area contributed by atoms with E-state index in [4.69, 9.17) is 4.74 Å². The lowest BCUT2D eigenvalue weighted by molar-refractivity contribution is -0.144. The van der Waals surface area contributed by atoms with Gasteiger partial charge in [-0.3, -0.25) is 14.4 Å². The summed E-state index contributed by atoms with van der Waals surface area (Å²) in [7, 11) is 0. The Balaban J connectivity index is 1.89. The Kier molecular flexibility index (Phi) is 7.98. The lowest BCUT2D eigenvalue weighted by atomic mass is 9.94. The molecule has 0 fully saturated rings. The maximum atomic E-state index is 12.9. The topological polar surface area (TPSA) is 110 Å². The number of carbonyl (C=O) groups excluding carboxylic acids is 4. The molecular weight excluding hydrogens is 422 g/mol. The van der Waals surface area contributed by atoms with Gasteiger partial charge >= 0.3 is 5.97 Å². The van der Waals surface area contributed by atoms with Crippen LogP contribution in [0, 0.1) is 5.92 Å². The van der Waals surface area contributed by atoms with E-state index in [1.54, 1.807) is 19.9 Å². The monoisotopic (exact) mass is 451 g/mol. The smallest absolute Gasteiger partial charge is 0.342 e. The van der Waals surface area contributed by atoms with Gasteiger partial charge in [0.1, 0.15) is 17.4 Å². The zero-order valence-electron chi connectivity index (χ0n) is 18.9. The van der Waals surface area contributed by atoms with Crippen molar-refractivity contribution in [2.75, 3.05) is 5.32 Å². The minimum absolute atomic E-state index is 0.0613. The van der Waals surface area contributed by atoms with Gasteiger partial charge in [-0.2, -0.15) is 0 Å². The number of aromatic hydroxyl groups is 1. The number of hydrogen-bond donors (Lipinski definition) is 2. The Morgan fingerprint density at radius 3 is 2.39 bits per heavy atom. The molecular formula is C26H29NO6. The highest BCUT2D eigenvalue weighted by atomic mass is 16.5. The molecule has 1 aliphatic heterocycles. The van der Waals surface area contributed by atoms with E-state index in [0.717, 1.165) is 5.56 Å². The Morgan fingerprint density at radius 1 is 0.970 bits per heavy atom. The van der Waals surface area contributed by atoms with Crippen molar-refractivity contribution >= 4 is 29.0 Å². The molecule has 0 saturated carbocycles. The fourth-order valence-corrected chi connectivity index (χ4v) is 3.78. The highest BCUT2D eigenvalue weighted by Crippen LogP contribution is 2.30. The van der Waals surface area contributed by atoms with Crippen LogP contribution in [0.25, 0.3) is 0 Å². The molecule has 0 radical (unpaired) electrons. The third-order valence-corrected chi connectivity index (χ3v) is 6.02. The van der Waals surface area contributed by atoms with E-state index in [1.807, 2.05) is 30.3 Å². The third kappa shape index (κ3) is 6.28. The molecule has 1 aliphatic rings. The third-order valence-electron chi connectivity index (χ3n) is 6.02. The van der Waals surface area contributed by atoms with Gasteiger partial charge in [-0.15, -0.1) is 0 Å². The standard InChI is InChI=1S/C26H29NO6/c1-16-11-12-22(29)25(31)21(28)10-6-9-19-13-20(27-15-18-7-4-3-5-8-18)14-23(30)24(19)26(32)33-17(16)2/h3-5,7-8,13-14,16-17,27,30H,6,9-12,15H2,1-2H3/t16-,17+/m1/s1. The predicted molar refractivity (Wildman–Crippen MR) is 123 cm³/mol. The Morgan fingerprint density at radius 2 is 1.67 bits per heavy atom. The summed E-state index contributed by atoms with van der Waals surface area (Å²) in [5.74, 6) is -3.46. The minimum atomic E-state index is -0.967. The van der Waals surface area contributed by atoms with Crippen LogP contribution in [-0.4, -0.2) is 34.5 Å². The number of carbonyl (C=O) groups is 4. The average Bonchev–Trinajstić information content (AvgIpc) is 2.80. The van der Waals surface area contributed by atoms with Gasteiger partial charge in [-0.1, -0.05) is 37.3 Å². The summed E-state index contributed by atoms with van der Waals surface area (Å²) in [6, 6.07) is 12.9. The SMILES string of the molecule is C[C@@H]1CCC(=O)C(=O)C(=O)CCCc2cc(NCc3ccccc3)cc(O)c2C(=O)O[C@H]1C. The summed E-state index contributed by atoms with van der Waals surface area (Å²) in [5, 5.41) is 13.9. The molecule has 0 unspecified atom stereocenters. The first-order valence-corrected chi connectivity index (χ1v) is 11.2. The predicted octanol–water partition coefficient (Wildman–Crippen LogP) is 4.01. The van der Waals surface area contributed by atoms with E-state index in [2.05, 4.69) is 5.32 Å². The number of nitrogens with one attached hydrogen (secondary N) is 1. The number of Topliss-reactive ketones (excluding diaryl/α,β-unsaturated/α-hetero) is 3. The fraction of sp³-hybridized carbons (Fsp3) is 0.385. The lowest BCUT2D eigenvalue weighted by Crippen LogP contribution is -2.27. The van der Waals surface area contributed by atoms with Crippen LogP contribution in [-0.2, 0) is 32.1 Å². The van der Waals surface area contributed by atoms with Gasteiger partial charge in [0, 0.05) is 31.1 Å². The number of aryl methyl sites for hydroxylation is 1. The fourth-order valence-electron chi connectivity index (χ4n) is 3.78. The Bertz CT molecular complexity index is 1050. The average molecular weight is 452 g/mol. The number of fused-ring (bicyclic) bond motifs is 1. The summed E-state index contributed by atoms with van der Waals surface area (Å²) in [5.41, 5.74) is 2.24. The molecule has 0 saturated heterocycles. The van der Waals surface area contributed by atoms with Gasteiger partial charge in [0.25, 0.3) is 5.78 Å². The van der Waals surface area contributed by atoms with Gasteiger partial charge < -0.3 is 15.2 Å². The first-order valence-electron chi connectivity index (χ1n) is 11.2. The van der Waals surface area contributed by atoms with Gasteiger partial charge in [-0.05, 0) is 49.3 Å². The number of hydrogen-bond acceptors (Lipinski definition) is 7. The summed E-state index contributed by atoms with van der Waals surface area (Å²) >= 11 is 0. The number of rotatable bonds is 3. The Labute approximate surface area is 193 Å². The van der Waals surface area contributed by atoms with Crippen molar-refractivity contribution in [3.05, 3.63) is 59.2 Å². The van der Waals surface area contributed by atoms with Crippen LogP contribution < -0.4 is 5.32 Å². The summed E-state index contributed by atoms with van der Waals surface area (Å²) in [6.07, 6.45) is 0.122. The quantitative estimate of drug-likeness (QED) is 0.536. The second-order valence-electron chi connectivity index (χ2n) is 8.52. The summed E-state index contributed by atoms with van der Waals surface area (Å²) in [6.45, 7) is 4.03. The molecule has 7 heteroatoms. The van der Waals surface area contributed by atoms with E-state index in [9.17, 15) is 24.3 Å². The molecule has 0 aromatic heterocycles. The zero-order valence-corrected chi connectivity index (χ0v) is 18.9. The van der Waals surface area contributed by atoms with Crippen molar-refractivity contribution in [1.29, 1.82) is 0 Å². The van der Waals surface area contributed by atoms with Gasteiger partial charge in [0.2, 0.25) is 11.6 Å². The van der Waals surface area contributed by atoms with Crippen molar-refractivity contribution in [3.8, 4) is 5.75 Å².